The van der Waals surface area contributed by atoms with Gasteiger partial charge < -0.3 is 10.5 Å². The van der Waals surface area contributed by atoms with Gasteiger partial charge in [-0.3, -0.25) is 5.41 Å². The highest BCUT2D eigenvalue weighted by Gasteiger charge is 2.19. The Morgan fingerprint density at radius 2 is 1.76 bits per heavy atom. The minimum Gasteiger partial charge on any atom is -0.456 e. The highest BCUT2D eigenvalue weighted by Crippen LogP contribution is 2.35. The molecule has 3 N–H and O–H groups in total. The molecule has 0 saturated heterocycles. The molecule has 0 fully saturated rings. The standard InChI is InChI=1S/C17H19BrN2O/c1-17(2,3)13-6-4-5-7-15(13)21-14-9-8-11(18)10-12(14)16(19)20/h4-10H,1-3H3,(H3,19,20). The average molecular weight is 347 g/mol. The summed E-state index contributed by atoms with van der Waals surface area (Å²) in [5.74, 6) is 1.36. The summed E-state index contributed by atoms with van der Waals surface area (Å²) in [5.41, 5.74) is 7.31. The zero-order valence-corrected chi connectivity index (χ0v) is 14.0. The molecule has 0 bridgehead atoms. The monoisotopic (exact) mass is 346 g/mol. The third-order valence-electron chi connectivity index (χ3n) is 3.15. The number of hydrogen-bond acceptors (Lipinski definition) is 2. The molecular weight excluding hydrogens is 328 g/mol. The van der Waals surface area contributed by atoms with Crippen molar-refractivity contribution in [3.8, 4) is 11.5 Å². The third kappa shape index (κ3) is 3.64. The first kappa shape index (κ1) is 15.6. The van der Waals surface area contributed by atoms with E-state index >= 15 is 0 Å². The molecule has 0 aliphatic rings. The Kier molecular flexibility index (Phi) is 4.37. The fourth-order valence-electron chi connectivity index (χ4n) is 2.10. The van der Waals surface area contributed by atoms with E-state index in [0.29, 0.717) is 11.3 Å². The maximum Gasteiger partial charge on any atom is 0.138 e. The van der Waals surface area contributed by atoms with Crippen LogP contribution < -0.4 is 10.5 Å². The zero-order chi connectivity index (χ0) is 15.6. The molecule has 4 heteroatoms. The van der Waals surface area contributed by atoms with Crippen LogP contribution in [0, 0.1) is 5.41 Å². The van der Waals surface area contributed by atoms with Crippen molar-refractivity contribution in [2.75, 3.05) is 0 Å². The molecule has 2 aromatic rings. The van der Waals surface area contributed by atoms with Gasteiger partial charge in [-0.25, -0.2) is 0 Å². The average Bonchev–Trinajstić information content (AvgIpc) is 2.40. The first-order chi connectivity index (χ1) is 9.79. The molecule has 0 heterocycles. The smallest absolute Gasteiger partial charge is 0.138 e. The predicted octanol–water partition coefficient (Wildman–Crippen LogP) is 4.82. The number of para-hydroxylation sites is 1. The van der Waals surface area contributed by atoms with Gasteiger partial charge in [-0.15, -0.1) is 0 Å². The van der Waals surface area contributed by atoms with E-state index in [1.54, 1.807) is 6.07 Å². The molecule has 0 unspecified atom stereocenters. The van der Waals surface area contributed by atoms with Gasteiger partial charge in [0.2, 0.25) is 0 Å². The molecule has 0 aliphatic heterocycles. The Balaban J connectivity index is 2.47. The largest absolute Gasteiger partial charge is 0.456 e. The quantitative estimate of drug-likeness (QED) is 0.618. The fourth-order valence-corrected chi connectivity index (χ4v) is 2.46. The maximum atomic E-state index is 7.69. The van der Waals surface area contributed by atoms with Crippen LogP contribution in [-0.4, -0.2) is 5.84 Å². The highest BCUT2D eigenvalue weighted by molar-refractivity contribution is 9.10. The lowest BCUT2D eigenvalue weighted by molar-refractivity contribution is 0.454. The Morgan fingerprint density at radius 3 is 2.38 bits per heavy atom. The van der Waals surface area contributed by atoms with E-state index < -0.39 is 0 Å². The number of amidine groups is 1. The number of halogens is 1. The summed E-state index contributed by atoms with van der Waals surface area (Å²) in [7, 11) is 0. The van der Waals surface area contributed by atoms with E-state index in [1.807, 2.05) is 30.3 Å². The van der Waals surface area contributed by atoms with Crippen LogP contribution in [0.25, 0.3) is 0 Å². The first-order valence-electron chi connectivity index (χ1n) is 6.70. The second-order valence-electron chi connectivity index (χ2n) is 5.90. The summed E-state index contributed by atoms with van der Waals surface area (Å²) in [6.45, 7) is 6.42. The number of benzene rings is 2. The lowest BCUT2D eigenvalue weighted by Crippen LogP contribution is -2.14. The fraction of sp³-hybridized carbons (Fsp3) is 0.235. The second-order valence-corrected chi connectivity index (χ2v) is 6.82. The van der Waals surface area contributed by atoms with Gasteiger partial charge in [-0.2, -0.15) is 0 Å². The van der Waals surface area contributed by atoms with Crippen LogP contribution in [-0.2, 0) is 5.41 Å². The maximum absolute atomic E-state index is 7.69. The van der Waals surface area contributed by atoms with Gasteiger partial charge in [0.25, 0.3) is 0 Å². The molecule has 0 radical (unpaired) electrons. The second kappa shape index (κ2) is 5.90. The molecule has 21 heavy (non-hydrogen) atoms. The number of nitrogens with two attached hydrogens (primary N) is 1. The highest BCUT2D eigenvalue weighted by atomic mass is 79.9. The van der Waals surface area contributed by atoms with Crippen LogP contribution in [0.5, 0.6) is 11.5 Å². The van der Waals surface area contributed by atoms with E-state index in [4.69, 9.17) is 15.9 Å². The van der Waals surface area contributed by atoms with Gasteiger partial charge in [0, 0.05) is 10.0 Å². The van der Waals surface area contributed by atoms with Crippen molar-refractivity contribution in [3.63, 3.8) is 0 Å². The van der Waals surface area contributed by atoms with Crippen LogP contribution in [0.4, 0.5) is 0 Å². The summed E-state index contributed by atoms with van der Waals surface area (Å²) in [6.07, 6.45) is 0. The van der Waals surface area contributed by atoms with E-state index in [0.717, 1.165) is 15.8 Å². The molecule has 2 rings (SSSR count). The Labute approximate surface area is 133 Å². The molecule has 0 aliphatic carbocycles. The number of rotatable bonds is 3. The normalized spacial score (nSPS) is 11.2. The SMILES string of the molecule is CC(C)(C)c1ccccc1Oc1ccc(Br)cc1C(=N)N. The molecule has 110 valence electrons. The van der Waals surface area contributed by atoms with Crippen LogP contribution in [0.15, 0.2) is 46.9 Å². The minimum atomic E-state index is -0.0255. The number of hydrogen-bond donors (Lipinski definition) is 2. The van der Waals surface area contributed by atoms with E-state index in [9.17, 15) is 0 Å². The lowest BCUT2D eigenvalue weighted by atomic mass is 9.86. The van der Waals surface area contributed by atoms with Gasteiger partial charge in [0.05, 0.1) is 5.56 Å². The molecule has 3 nitrogen and oxygen atoms in total. The topological polar surface area (TPSA) is 59.1 Å². The van der Waals surface area contributed by atoms with Gasteiger partial charge >= 0.3 is 0 Å². The molecule has 0 aromatic heterocycles. The summed E-state index contributed by atoms with van der Waals surface area (Å²) >= 11 is 3.39. The zero-order valence-electron chi connectivity index (χ0n) is 12.4. The molecule has 0 atom stereocenters. The molecule has 0 saturated carbocycles. The summed E-state index contributed by atoms with van der Waals surface area (Å²) in [6, 6.07) is 13.4. The third-order valence-corrected chi connectivity index (χ3v) is 3.64. The summed E-state index contributed by atoms with van der Waals surface area (Å²) in [5, 5.41) is 7.69. The molecule has 0 amide bonds. The number of nitrogens with one attached hydrogen (secondary N) is 1. The van der Waals surface area contributed by atoms with Crippen LogP contribution in [0.2, 0.25) is 0 Å². The summed E-state index contributed by atoms with van der Waals surface area (Å²) in [4.78, 5) is 0. The lowest BCUT2D eigenvalue weighted by Gasteiger charge is -2.23. The Morgan fingerprint density at radius 1 is 1.10 bits per heavy atom. The Bertz CT molecular complexity index is 675. The van der Waals surface area contributed by atoms with Crippen molar-refractivity contribution in [3.05, 3.63) is 58.1 Å². The Hall–Kier alpha value is -1.81. The van der Waals surface area contributed by atoms with E-state index in [-0.39, 0.29) is 11.3 Å². The van der Waals surface area contributed by atoms with Crippen molar-refractivity contribution in [1.29, 1.82) is 5.41 Å². The molecular formula is C17H19BrN2O. The van der Waals surface area contributed by atoms with Crippen molar-refractivity contribution >= 4 is 21.8 Å². The van der Waals surface area contributed by atoms with Crippen molar-refractivity contribution in [2.45, 2.75) is 26.2 Å². The van der Waals surface area contributed by atoms with E-state index in [1.165, 1.54) is 0 Å². The number of ether oxygens (including phenoxy) is 1. The molecule has 0 spiro atoms. The summed E-state index contributed by atoms with van der Waals surface area (Å²) < 4.78 is 6.91. The number of nitrogen functional groups attached to an aromatic ring is 1. The van der Waals surface area contributed by atoms with Gasteiger partial charge in [-0.1, -0.05) is 54.9 Å². The van der Waals surface area contributed by atoms with Gasteiger partial charge in [0.1, 0.15) is 17.3 Å². The van der Waals surface area contributed by atoms with Crippen molar-refractivity contribution in [1.82, 2.24) is 0 Å². The molecule has 2 aromatic carbocycles. The van der Waals surface area contributed by atoms with Crippen LogP contribution >= 0.6 is 15.9 Å². The van der Waals surface area contributed by atoms with Crippen LogP contribution in [0.1, 0.15) is 31.9 Å². The van der Waals surface area contributed by atoms with Crippen molar-refractivity contribution in [2.24, 2.45) is 5.73 Å². The predicted molar refractivity (Wildman–Crippen MR) is 90.4 cm³/mol. The first-order valence-corrected chi connectivity index (χ1v) is 7.49. The van der Waals surface area contributed by atoms with Crippen LogP contribution in [0.3, 0.4) is 0 Å². The van der Waals surface area contributed by atoms with Gasteiger partial charge in [0.15, 0.2) is 0 Å². The minimum absolute atomic E-state index is 0.0143. The van der Waals surface area contributed by atoms with Gasteiger partial charge in [-0.05, 0) is 29.7 Å². The van der Waals surface area contributed by atoms with Crippen molar-refractivity contribution < 1.29 is 4.74 Å². The van der Waals surface area contributed by atoms with E-state index in [2.05, 4.69) is 42.8 Å².